The van der Waals surface area contributed by atoms with Crippen LogP contribution in [0.4, 0.5) is 0 Å². The highest BCUT2D eigenvalue weighted by Gasteiger charge is 2.12. The molecule has 0 amide bonds. The molecule has 22 heavy (non-hydrogen) atoms. The second-order valence-corrected chi connectivity index (χ2v) is 4.63. The zero-order valence-electron chi connectivity index (χ0n) is 11.5. The molecule has 0 saturated heterocycles. The van der Waals surface area contributed by atoms with Gasteiger partial charge in [0.05, 0.1) is 17.1 Å². The van der Waals surface area contributed by atoms with Gasteiger partial charge in [0.1, 0.15) is 6.33 Å². The van der Waals surface area contributed by atoms with E-state index in [9.17, 15) is 0 Å². The normalized spacial score (nSPS) is 12.9. The average Bonchev–Trinajstić information content (AvgIpc) is 3.03. The zero-order valence-corrected chi connectivity index (χ0v) is 11.5. The summed E-state index contributed by atoms with van der Waals surface area (Å²) in [6, 6.07) is 13.1. The van der Waals surface area contributed by atoms with Gasteiger partial charge in [-0.3, -0.25) is 0 Å². The number of hydrogen-bond acceptors (Lipinski definition) is 6. The highest BCUT2D eigenvalue weighted by atomic mass is 16.7. The molecule has 1 aliphatic rings. The quantitative estimate of drug-likeness (QED) is 0.549. The Morgan fingerprint density at radius 2 is 1.95 bits per heavy atom. The van der Waals surface area contributed by atoms with Gasteiger partial charge < -0.3 is 14.3 Å². The van der Waals surface area contributed by atoms with Crippen molar-refractivity contribution in [3.05, 3.63) is 54.4 Å². The minimum atomic E-state index is 0.249. The molecule has 0 aliphatic carbocycles. The molecule has 2 aromatic carbocycles. The van der Waals surface area contributed by atoms with E-state index in [-0.39, 0.29) is 6.79 Å². The van der Waals surface area contributed by atoms with Crippen LogP contribution in [0.25, 0.3) is 10.9 Å². The van der Waals surface area contributed by atoms with Crippen LogP contribution in [0.3, 0.4) is 0 Å². The number of aromatic nitrogens is 2. The maximum Gasteiger partial charge on any atom is 0.259 e. The molecule has 0 saturated carbocycles. The van der Waals surface area contributed by atoms with Crippen molar-refractivity contribution < 1.29 is 14.3 Å². The molecule has 0 bridgehead atoms. The molecule has 6 heteroatoms. The minimum absolute atomic E-state index is 0.249. The van der Waals surface area contributed by atoms with Crippen molar-refractivity contribution in [1.82, 2.24) is 9.97 Å². The topological polar surface area (TPSA) is 65.8 Å². The van der Waals surface area contributed by atoms with Gasteiger partial charge >= 0.3 is 0 Å². The summed E-state index contributed by atoms with van der Waals surface area (Å²) in [5, 5.41) is 4.79. The van der Waals surface area contributed by atoms with E-state index in [1.165, 1.54) is 6.33 Å². The molecular weight excluding hydrogens is 282 g/mol. The summed E-state index contributed by atoms with van der Waals surface area (Å²) in [5.41, 5.74) is 1.66. The maximum atomic E-state index is 5.39. The first-order chi connectivity index (χ1) is 10.9. The van der Waals surface area contributed by atoms with E-state index in [1.54, 1.807) is 6.21 Å². The van der Waals surface area contributed by atoms with Gasteiger partial charge in [-0.05, 0) is 30.3 Å². The Morgan fingerprint density at radius 1 is 1.05 bits per heavy atom. The third kappa shape index (κ3) is 2.31. The van der Waals surface area contributed by atoms with E-state index >= 15 is 0 Å². The Labute approximate surface area is 126 Å². The van der Waals surface area contributed by atoms with Crippen LogP contribution in [0.2, 0.25) is 0 Å². The molecule has 0 atom stereocenters. The first-order valence-corrected chi connectivity index (χ1v) is 6.70. The van der Waals surface area contributed by atoms with Gasteiger partial charge in [-0.2, -0.15) is 4.98 Å². The second kappa shape index (κ2) is 5.33. The standard InChI is InChI=1S/C16H11N3O3/c1-2-4-13-12(3-1)16(18-9-17-13)22-19-8-11-5-6-14-15(7-11)21-10-20-14/h1-9H,10H2/b19-8-. The van der Waals surface area contributed by atoms with Crippen LogP contribution in [0.15, 0.2) is 53.9 Å². The molecule has 0 radical (unpaired) electrons. The molecular formula is C16H11N3O3. The molecule has 3 aromatic rings. The summed E-state index contributed by atoms with van der Waals surface area (Å²) in [5.74, 6) is 1.86. The van der Waals surface area contributed by atoms with E-state index in [0.717, 1.165) is 22.2 Å². The summed E-state index contributed by atoms with van der Waals surface area (Å²) >= 11 is 0. The molecule has 1 aliphatic heterocycles. The lowest BCUT2D eigenvalue weighted by Crippen LogP contribution is -1.93. The van der Waals surface area contributed by atoms with Crippen molar-refractivity contribution in [3.63, 3.8) is 0 Å². The smallest absolute Gasteiger partial charge is 0.259 e. The minimum Gasteiger partial charge on any atom is -0.454 e. The van der Waals surface area contributed by atoms with Gasteiger partial charge in [0.2, 0.25) is 6.79 Å². The fourth-order valence-corrected chi connectivity index (χ4v) is 2.18. The predicted molar refractivity (Wildman–Crippen MR) is 80.3 cm³/mol. The Kier molecular flexibility index (Phi) is 3.05. The van der Waals surface area contributed by atoms with E-state index < -0.39 is 0 Å². The molecule has 108 valence electrons. The van der Waals surface area contributed by atoms with E-state index in [1.807, 2.05) is 42.5 Å². The van der Waals surface area contributed by atoms with Crippen molar-refractivity contribution in [2.45, 2.75) is 0 Å². The molecule has 0 spiro atoms. The van der Waals surface area contributed by atoms with Crippen molar-refractivity contribution in [2.24, 2.45) is 5.16 Å². The lowest BCUT2D eigenvalue weighted by Gasteiger charge is -2.01. The summed E-state index contributed by atoms with van der Waals surface area (Å²) in [6.07, 6.45) is 3.05. The number of hydrogen-bond donors (Lipinski definition) is 0. The molecule has 4 rings (SSSR count). The molecule has 2 heterocycles. The van der Waals surface area contributed by atoms with Crippen LogP contribution in [0.5, 0.6) is 17.4 Å². The predicted octanol–water partition coefficient (Wildman–Crippen LogP) is 2.77. The third-order valence-electron chi connectivity index (χ3n) is 3.24. The lowest BCUT2D eigenvalue weighted by molar-refractivity contribution is 0.174. The molecule has 6 nitrogen and oxygen atoms in total. The Hall–Kier alpha value is -3.15. The van der Waals surface area contributed by atoms with E-state index in [0.29, 0.717) is 11.6 Å². The molecule has 0 unspecified atom stereocenters. The van der Waals surface area contributed by atoms with Crippen LogP contribution in [0, 0.1) is 0 Å². The average molecular weight is 293 g/mol. The van der Waals surface area contributed by atoms with Gasteiger partial charge in [0, 0.05) is 5.56 Å². The Bertz CT molecular complexity index is 859. The first kappa shape index (κ1) is 12.6. The second-order valence-electron chi connectivity index (χ2n) is 4.63. The number of para-hydroxylation sites is 1. The SMILES string of the molecule is C(=N/Oc1ncnc2ccccc12)/c1ccc2c(c1)OCO2. The van der Waals surface area contributed by atoms with Crippen molar-refractivity contribution >= 4 is 17.1 Å². The van der Waals surface area contributed by atoms with Crippen LogP contribution in [-0.4, -0.2) is 23.0 Å². The Balaban J connectivity index is 1.56. The number of oxime groups is 1. The largest absolute Gasteiger partial charge is 0.454 e. The fraction of sp³-hybridized carbons (Fsp3) is 0.0625. The molecule has 1 aromatic heterocycles. The van der Waals surface area contributed by atoms with Gasteiger partial charge in [-0.1, -0.05) is 17.3 Å². The van der Waals surface area contributed by atoms with Gasteiger partial charge in [0.25, 0.3) is 5.88 Å². The maximum absolute atomic E-state index is 5.39. The monoisotopic (exact) mass is 293 g/mol. The van der Waals surface area contributed by atoms with Gasteiger partial charge in [-0.25, -0.2) is 4.98 Å². The highest BCUT2D eigenvalue weighted by molar-refractivity contribution is 5.83. The lowest BCUT2D eigenvalue weighted by atomic mass is 10.2. The third-order valence-corrected chi connectivity index (χ3v) is 3.24. The fourth-order valence-electron chi connectivity index (χ4n) is 2.18. The van der Waals surface area contributed by atoms with E-state index in [2.05, 4.69) is 15.1 Å². The summed E-state index contributed by atoms with van der Waals surface area (Å²) in [4.78, 5) is 13.7. The first-order valence-electron chi connectivity index (χ1n) is 6.70. The Morgan fingerprint density at radius 3 is 2.95 bits per heavy atom. The highest BCUT2D eigenvalue weighted by Crippen LogP contribution is 2.32. The van der Waals surface area contributed by atoms with Gasteiger partial charge in [-0.15, -0.1) is 0 Å². The number of ether oxygens (including phenoxy) is 2. The van der Waals surface area contributed by atoms with Crippen LogP contribution in [0.1, 0.15) is 5.56 Å². The number of benzene rings is 2. The van der Waals surface area contributed by atoms with Crippen molar-refractivity contribution in [1.29, 1.82) is 0 Å². The summed E-state index contributed by atoms with van der Waals surface area (Å²) in [6.45, 7) is 0.249. The number of rotatable bonds is 3. The summed E-state index contributed by atoms with van der Waals surface area (Å²) in [7, 11) is 0. The van der Waals surface area contributed by atoms with E-state index in [4.69, 9.17) is 14.3 Å². The number of nitrogens with zero attached hydrogens (tertiary/aromatic N) is 3. The molecule has 0 fully saturated rings. The number of fused-ring (bicyclic) bond motifs is 2. The molecule has 0 N–H and O–H groups in total. The van der Waals surface area contributed by atoms with Crippen LogP contribution >= 0.6 is 0 Å². The van der Waals surface area contributed by atoms with Gasteiger partial charge in [0.15, 0.2) is 11.5 Å². The van der Waals surface area contributed by atoms with Crippen LogP contribution in [-0.2, 0) is 0 Å². The van der Waals surface area contributed by atoms with Crippen molar-refractivity contribution in [3.8, 4) is 17.4 Å². The zero-order chi connectivity index (χ0) is 14.8. The van der Waals surface area contributed by atoms with Crippen molar-refractivity contribution in [2.75, 3.05) is 6.79 Å². The summed E-state index contributed by atoms with van der Waals surface area (Å²) < 4.78 is 10.6. The van der Waals surface area contributed by atoms with Crippen LogP contribution < -0.4 is 14.3 Å².